The van der Waals surface area contributed by atoms with Crippen LogP contribution in [0.1, 0.15) is 18.4 Å². The maximum Gasteiger partial charge on any atom is 0.418 e. The van der Waals surface area contributed by atoms with Gasteiger partial charge in [0.15, 0.2) is 0 Å². The molecule has 1 saturated heterocycles. The van der Waals surface area contributed by atoms with Crippen LogP contribution in [0.3, 0.4) is 0 Å². The average molecular weight is 373 g/mol. The van der Waals surface area contributed by atoms with Gasteiger partial charge in [-0.3, -0.25) is 0 Å². The van der Waals surface area contributed by atoms with E-state index in [9.17, 15) is 13.2 Å². The lowest BCUT2D eigenvalue weighted by Crippen LogP contribution is -2.19. The number of benzene rings is 1. The number of ether oxygens (including phenoxy) is 1. The fourth-order valence-corrected chi connectivity index (χ4v) is 2.69. The van der Waals surface area contributed by atoms with Crippen molar-refractivity contribution in [2.24, 2.45) is 0 Å². The third-order valence-electron chi connectivity index (χ3n) is 3.72. The normalized spacial score (nSPS) is 17.5. The SMILES string of the molecule is FC(F)(F)c1cc(Cl)ccc1Nc1ccnc(NCC2CCCO2)n1. The largest absolute Gasteiger partial charge is 0.418 e. The quantitative estimate of drug-likeness (QED) is 0.810. The summed E-state index contributed by atoms with van der Waals surface area (Å²) in [6.45, 7) is 1.30. The first-order chi connectivity index (χ1) is 11.9. The third-order valence-corrected chi connectivity index (χ3v) is 3.95. The zero-order valence-corrected chi connectivity index (χ0v) is 13.9. The number of halogens is 4. The van der Waals surface area contributed by atoms with Crippen molar-refractivity contribution in [1.29, 1.82) is 0 Å². The number of anilines is 3. The van der Waals surface area contributed by atoms with Crippen molar-refractivity contribution in [2.45, 2.75) is 25.1 Å². The summed E-state index contributed by atoms with van der Waals surface area (Å²) in [6, 6.07) is 5.03. The lowest BCUT2D eigenvalue weighted by molar-refractivity contribution is -0.136. The van der Waals surface area contributed by atoms with E-state index in [1.54, 1.807) is 0 Å². The summed E-state index contributed by atoms with van der Waals surface area (Å²) in [6.07, 6.45) is -0.971. The highest BCUT2D eigenvalue weighted by atomic mass is 35.5. The van der Waals surface area contributed by atoms with Crippen molar-refractivity contribution in [1.82, 2.24) is 9.97 Å². The first-order valence-corrected chi connectivity index (χ1v) is 8.12. The van der Waals surface area contributed by atoms with Gasteiger partial charge in [0.2, 0.25) is 5.95 Å². The first kappa shape index (κ1) is 17.8. The predicted octanol–water partition coefficient (Wildman–Crippen LogP) is 4.48. The molecule has 0 spiro atoms. The Morgan fingerprint density at radius 1 is 1.28 bits per heavy atom. The molecule has 1 atom stereocenters. The molecule has 1 fully saturated rings. The Morgan fingerprint density at radius 2 is 2.12 bits per heavy atom. The maximum atomic E-state index is 13.1. The van der Waals surface area contributed by atoms with E-state index in [1.165, 1.54) is 24.4 Å². The molecule has 5 nitrogen and oxygen atoms in total. The minimum Gasteiger partial charge on any atom is -0.376 e. The fourth-order valence-electron chi connectivity index (χ4n) is 2.52. The zero-order valence-electron chi connectivity index (χ0n) is 13.1. The van der Waals surface area contributed by atoms with Gasteiger partial charge in [0, 0.05) is 24.4 Å². The van der Waals surface area contributed by atoms with Crippen molar-refractivity contribution >= 4 is 29.1 Å². The minimum absolute atomic E-state index is 0.0134. The molecule has 1 aromatic heterocycles. The molecule has 0 bridgehead atoms. The second kappa shape index (κ2) is 7.45. The Labute approximate surface area is 147 Å². The van der Waals surface area contributed by atoms with Crippen LogP contribution in [0.15, 0.2) is 30.5 Å². The van der Waals surface area contributed by atoms with Gasteiger partial charge < -0.3 is 15.4 Å². The maximum absolute atomic E-state index is 13.1. The van der Waals surface area contributed by atoms with Gasteiger partial charge in [-0.25, -0.2) is 4.98 Å². The molecule has 0 saturated carbocycles. The van der Waals surface area contributed by atoms with E-state index in [0.29, 0.717) is 12.5 Å². The summed E-state index contributed by atoms with van der Waals surface area (Å²) in [5.74, 6) is 0.570. The van der Waals surface area contributed by atoms with Gasteiger partial charge in [0.1, 0.15) is 5.82 Å². The van der Waals surface area contributed by atoms with Gasteiger partial charge in [-0.2, -0.15) is 18.2 Å². The van der Waals surface area contributed by atoms with Gasteiger partial charge in [-0.15, -0.1) is 0 Å². The van der Waals surface area contributed by atoms with Crippen LogP contribution in [0.4, 0.5) is 30.6 Å². The molecule has 1 aliphatic heterocycles. The van der Waals surface area contributed by atoms with Crippen molar-refractivity contribution in [3.8, 4) is 0 Å². The fraction of sp³-hybridized carbons (Fsp3) is 0.375. The number of alkyl halides is 3. The van der Waals surface area contributed by atoms with E-state index in [-0.39, 0.29) is 22.6 Å². The van der Waals surface area contributed by atoms with Crippen LogP contribution in [-0.4, -0.2) is 29.2 Å². The summed E-state index contributed by atoms with van der Waals surface area (Å²) in [7, 11) is 0. The lowest BCUT2D eigenvalue weighted by Gasteiger charge is -2.15. The number of nitrogens with zero attached hydrogens (tertiary/aromatic N) is 2. The highest BCUT2D eigenvalue weighted by Crippen LogP contribution is 2.37. The number of nitrogens with one attached hydrogen (secondary N) is 2. The van der Waals surface area contributed by atoms with Crippen LogP contribution in [0.2, 0.25) is 5.02 Å². The minimum atomic E-state index is -4.53. The van der Waals surface area contributed by atoms with Gasteiger partial charge in [0.25, 0.3) is 0 Å². The molecule has 9 heteroatoms. The Morgan fingerprint density at radius 3 is 2.84 bits per heavy atom. The van der Waals surface area contributed by atoms with Crippen LogP contribution in [0.25, 0.3) is 0 Å². The Balaban J connectivity index is 1.74. The van der Waals surface area contributed by atoms with Crippen LogP contribution in [0.5, 0.6) is 0 Å². The summed E-state index contributed by atoms with van der Waals surface area (Å²) >= 11 is 5.68. The number of aromatic nitrogens is 2. The zero-order chi connectivity index (χ0) is 17.9. The molecule has 3 rings (SSSR count). The highest BCUT2D eigenvalue weighted by molar-refractivity contribution is 6.30. The lowest BCUT2D eigenvalue weighted by atomic mass is 10.1. The average Bonchev–Trinajstić information content (AvgIpc) is 3.08. The van der Waals surface area contributed by atoms with Gasteiger partial charge in [-0.1, -0.05) is 11.6 Å². The molecule has 2 aromatic rings. The van der Waals surface area contributed by atoms with Gasteiger partial charge >= 0.3 is 6.18 Å². The Hall–Kier alpha value is -2.06. The van der Waals surface area contributed by atoms with Crippen molar-refractivity contribution in [3.05, 3.63) is 41.0 Å². The van der Waals surface area contributed by atoms with Crippen LogP contribution in [-0.2, 0) is 10.9 Å². The molecule has 1 unspecified atom stereocenters. The Bertz CT molecular complexity index is 736. The summed E-state index contributed by atoms with van der Waals surface area (Å²) in [5, 5.41) is 5.72. The Kier molecular flexibility index (Phi) is 5.29. The molecule has 2 N–H and O–H groups in total. The smallest absolute Gasteiger partial charge is 0.376 e. The predicted molar refractivity (Wildman–Crippen MR) is 89.2 cm³/mol. The molecule has 1 aromatic carbocycles. The van der Waals surface area contributed by atoms with Crippen LogP contribution >= 0.6 is 11.6 Å². The molecule has 0 aliphatic carbocycles. The van der Waals surface area contributed by atoms with Crippen molar-refractivity contribution in [2.75, 3.05) is 23.8 Å². The van der Waals surface area contributed by atoms with Crippen molar-refractivity contribution < 1.29 is 17.9 Å². The summed E-state index contributed by atoms with van der Waals surface area (Å²) < 4.78 is 44.9. The monoisotopic (exact) mass is 372 g/mol. The molecular formula is C16H16ClF3N4O. The highest BCUT2D eigenvalue weighted by Gasteiger charge is 2.34. The van der Waals surface area contributed by atoms with Crippen LogP contribution in [0, 0.1) is 0 Å². The molecule has 1 aliphatic rings. The topological polar surface area (TPSA) is 59.1 Å². The first-order valence-electron chi connectivity index (χ1n) is 7.74. The van der Waals surface area contributed by atoms with E-state index in [2.05, 4.69) is 20.6 Å². The second-order valence-corrected chi connectivity index (χ2v) is 6.03. The standard InChI is InChI=1S/C16H16ClF3N4O/c17-10-3-4-13(12(8-10)16(18,19)20)23-14-5-6-21-15(24-14)22-9-11-2-1-7-25-11/h3-6,8,11H,1-2,7,9H2,(H2,21,22,23,24). The van der Waals surface area contributed by atoms with E-state index >= 15 is 0 Å². The number of rotatable bonds is 5. The number of hydrogen-bond donors (Lipinski definition) is 2. The van der Waals surface area contributed by atoms with Crippen molar-refractivity contribution in [3.63, 3.8) is 0 Å². The van der Waals surface area contributed by atoms with E-state index in [1.807, 2.05) is 0 Å². The summed E-state index contributed by atoms with van der Waals surface area (Å²) in [5.41, 5.74) is -0.979. The number of hydrogen-bond acceptors (Lipinski definition) is 5. The van der Waals surface area contributed by atoms with E-state index < -0.39 is 11.7 Å². The molecular weight excluding hydrogens is 357 g/mol. The van der Waals surface area contributed by atoms with Gasteiger partial charge in [0.05, 0.1) is 17.4 Å². The summed E-state index contributed by atoms with van der Waals surface area (Å²) in [4.78, 5) is 8.25. The van der Waals surface area contributed by atoms with Gasteiger partial charge in [-0.05, 0) is 37.1 Å². The molecule has 134 valence electrons. The van der Waals surface area contributed by atoms with E-state index in [4.69, 9.17) is 16.3 Å². The second-order valence-electron chi connectivity index (χ2n) is 5.59. The molecule has 0 amide bonds. The molecule has 25 heavy (non-hydrogen) atoms. The van der Waals surface area contributed by atoms with E-state index in [0.717, 1.165) is 25.5 Å². The third kappa shape index (κ3) is 4.73. The molecule has 2 heterocycles. The van der Waals surface area contributed by atoms with Crippen LogP contribution < -0.4 is 10.6 Å². The molecule has 0 radical (unpaired) electrons.